The number of hydrogen-bond acceptors (Lipinski definition) is 9. The van der Waals surface area contributed by atoms with E-state index in [1.807, 2.05) is 65.2 Å². The van der Waals surface area contributed by atoms with Crippen molar-refractivity contribution in [3.05, 3.63) is 88.8 Å². The van der Waals surface area contributed by atoms with Crippen LogP contribution in [0.1, 0.15) is 24.5 Å². The largest absolute Gasteiger partial charge is 0.496 e. The standard InChI is InChI=1S/C41H44ClFN4O7/c1-41(40(49)50)22-46(23-41)20-30-32(43)14-24(15-36(30)51-3)26-8-6-10-28(39(26)42)27-9-7-11-33-29(27)18-44-47(33)25-16-37(52-4)31(38(17-25)53-5)19-45(2)34-12-13-54-21-35(34)48/h6-11,14-18,34-35,48H,12-13,19-23H2,1-5H3,(H,49,50)/t34-,35-/m0/s1. The predicted octanol–water partition coefficient (Wildman–Crippen LogP) is 6.67. The van der Waals surface area contributed by atoms with Gasteiger partial charge in [0, 0.05) is 73.0 Å². The molecule has 7 rings (SSSR count). The summed E-state index contributed by atoms with van der Waals surface area (Å²) in [6.07, 6.45) is 1.94. The van der Waals surface area contributed by atoms with Gasteiger partial charge in [0.15, 0.2) is 0 Å². The average Bonchev–Trinajstić information content (AvgIpc) is 3.59. The van der Waals surface area contributed by atoms with Crippen molar-refractivity contribution in [2.45, 2.75) is 38.6 Å². The molecule has 0 radical (unpaired) electrons. The maximum atomic E-state index is 15.8. The Labute approximate surface area is 318 Å². The first-order valence-electron chi connectivity index (χ1n) is 17.8. The van der Waals surface area contributed by atoms with Gasteiger partial charge in [-0.3, -0.25) is 14.6 Å². The molecule has 2 aliphatic rings. The van der Waals surface area contributed by atoms with Crippen LogP contribution < -0.4 is 14.2 Å². The van der Waals surface area contributed by atoms with E-state index >= 15 is 4.39 Å². The molecule has 11 nitrogen and oxygen atoms in total. The van der Waals surface area contributed by atoms with E-state index in [2.05, 4.69) is 4.90 Å². The molecule has 0 spiro atoms. The topological polar surface area (TPSA) is 119 Å². The number of methoxy groups -OCH3 is 3. The quantitative estimate of drug-likeness (QED) is 0.143. The number of nitrogens with zero attached hydrogens (tertiary/aromatic N) is 4. The molecule has 2 atom stereocenters. The third-order valence-electron chi connectivity index (χ3n) is 10.7. The number of aliphatic carboxylic acids is 1. The van der Waals surface area contributed by atoms with Gasteiger partial charge in [-0.05, 0) is 49.7 Å². The fraction of sp³-hybridized carbons (Fsp3) is 0.366. The average molecular weight is 759 g/mol. The molecule has 5 aromatic rings. The third kappa shape index (κ3) is 6.88. The molecule has 2 saturated heterocycles. The van der Waals surface area contributed by atoms with E-state index in [4.69, 9.17) is 35.6 Å². The van der Waals surface area contributed by atoms with Crippen molar-refractivity contribution in [1.29, 1.82) is 0 Å². The molecule has 0 aliphatic carbocycles. The second-order valence-electron chi connectivity index (χ2n) is 14.4. The summed E-state index contributed by atoms with van der Waals surface area (Å²) < 4.78 is 40.4. The maximum absolute atomic E-state index is 15.8. The number of aliphatic hydroxyl groups excluding tert-OH is 1. The Kier molecular flexibility index (Phi) is 10.6. The van der Waals surface area contributed by atoms with Crippen LogP contribution in [0.2, 0.25) is 5.02 Å². The molecule has 54 heavy (non-hydrogen) atoms. The summed E-state index contributed by atoms with van der Waals surface area (Å²) in [6.45, 7) is 3.99. The van der Waals surface area contributed by atoms with E-state index in [0.29, 0.717) is 71.8 Å². The van der Waals surface area contributed by atoms with Crippen molar-refractivity contribution in [3.8, 4) is 45.2 Å². The number of aromatic nitrogens is 2. The zero-order valence-corrected chi connectivity index (χ0v) is 31.7. The number of likely N-dealkylation sites (tertiary alicyclic amines) is 1. The van der Waals surface area contributed by atoms with Crippen LogP contribution in [-0.4, -0.2) is 103 Å². The van der Waals surface area contributed by atoms with Gasteiger partial charge in [-0.15, -0.1) is 0 Å². The third-order valence-corrected chi connectivity index (χ3v) is 11.1. The van der Waals surface area contributed by atoms with E-state index in [1.165, 1.54) is 13.2 Å². The smallest absolute Gasteiger partial charge is 0.311 e. The highest BCUT2D eigenvalue weighted by Crippen LogP contribution is 2.43. The highest BCUT2D eigenvalue weighted by atomic mass is 35.5. The van der Waals surface area contributed by atoms with Crippen LogP contribution in [-0.2, 0) is 22.6 Å². The zero-order chi connectivity index (χ0) is 38.3. The fourth-order valence-electron chi connectivity index (χ4n) is 7.81. The van der Waals surface area contributed by atoms with Crippen molar-refractivity contribution in [2.75, 3.05) is 54.7 Å². The minimum absolute atomic E-state index is 0.0543. The highest BCUT2D eigenvalue weighted by molar-refractivity contribution is 6.36. The van der Waals surface area contributed by atoms with Gasteiger partial charge in [0.05, 0.1) is 67.4 Å². The molecule has 1 aromatic heterocycles. The maximum Gasteiger partial charge on any atom is 0.311 e. The molecule has 0 saturated carbocycles. The molecule has 3 heterocycles. The first kappa shape index (κ1) is 37.6. The second kappa shape index (κ2) is 15.2. The van der Waals surface area contributed by atoms with Crippen LogP contribution in [0.25, 0.3) is 38.8 Å². The van der Waals surface area contributed by atoms with Gasteiger partial charge in [0.25, 0.3) is 0 Å². The van der Waals surface area contributed by atoms with Crippen LogP contribution in [0.15, 0.2) is 66.9 Å². The van der Waals surface area contributed by atoms with Crippen LogP contribution >= 0.6 is 11.6 Å². The summed E-state index contributed by atoms with van der Waals surface area (Å²) in [5.41, 5.74) is 4.73. The van der Waals surface area contributed by atoms with Crippen LogP contribution in [0.4, 0.5) is 4.39 Å². The molecule has 2 fully saturated rings. The Morgan fingerprint density at radius 1 is 1.00 bits per heavy atom. The summed E-state index contributed by atoms with van der Waals surface area (Å²) in [5.74, 6) is 0.309. The molecule has 0 unspecified atom stereocenters. The molecule has 2 N–H and O–H groups in total. The Hall–Kier alpha value is -4.72. The number of rotatable bonds is 12. The summed E-state index contributed by atoms with van der Waals surface area (Å²) in [6, 6.07) is 18.6. The summed E-state index contributed by atoms with van der Waals surface area (Å²) in [4.78, 5) is 15.6. The predicted molar refractivity (Wildman–Crippen MR) is 204 cm³/mol. The van der Waals surface area contributed by atoms with E-state index in [0.717, 1.165) is 39.7 Å². The minimum atomic E-state index is -0.860. The molecule has 4 aromatic carbocycles. The number of likely N-dealkylation sites (N-methyl/N-ethyl adjacent to an activating group) is 1. The molecular weight excluding hydrogens is 715 g/mol. The Bertz CT molecular complexity index is 2180. The van der Waals surface area contributed by atoms with Crippen LogP contribution in [0, 0.1) is 11.2 Å². The van der Waals surface area contributed by atoms with E-state index in [1.54, 1.807) is 33.4 Å². The summed E-state index contributed by atoms with van der Waals surface area (Å²) >= 11 is 7.16. The van der Waals surface area contributed by atoms with Crippen molar-refractivity contribution in [1.82, 2.24) is 19.6 Å². The first-order chi connectivity index (χ1) is 26.0. The monoisotopic (exact) mass is 758 g/mol. The zero-order valence-electron chi connectivity index (χ0n) is 30.9. The first-order valence-corrected chi connectivity index (χ1v) is 18.1. The molecule has 0 bridgehead atoms. The Morgan fingerprint density at radius 3 is 2.31 bits per heavy atom. The minimum Gasteiger partial charge on any atom is -0.496 e. The molecule has 0 amide bonds. The van der Waals surface area contributed by atoms with Crippen LogP contribution in [0.3, 0.4) is 0 Å². The van der Waals surface area contributed by atoms with Crippen molar-refractivity contribution in [3.63, 3.8) is 0 Å². The van der Waals surface area contributed by atoms with Crippen molar-refractivity contribution >= 4 is 28.5 Å². The summed E-state index contributed by atoms with van der Waals surface area (Å²) in [7, 11) is 6.71. The molecular formula is C41H44ClFN4O7. The fourth-order valence-corrected chi connectivity index (χ4v) is 8.15. The number of halogens is 2. The number of hydrogen-bond donors (Lipinski definition) is 2. The van der Waals surface area contributed by atoms with Gasteiger partial charge < -0.3 is 29.2 Å². The number of carboxylic acid groups (broad SMARTS) is 1. The van der Waals surface area contributed by atoms with Crippen molar-refractivity contribution < 1.29 is 38.3 Å². The van der Waals surface area contributed by atoms with E-state index in [-0.39, 0.29) is 12.6 Å². The molecule has 284 valence electrons. The lowest BCUT2D eigenvalue weighted by molar-refractivity contribution is -0.159. The number of aliphatic hydroxyl groups is 1. The van der Waals surface area contributed by atoms with Gasteiger partial charge in [-0.1, -0.05) is 41.9 Å². The molecule has 13 heteroatoms. The Morgan fingerprint density at radius 2 is 1.65 bits per heavy atom. The van der Waals surface area contributed by atoms with Gasteiger partial charge in [0.1, 0.15) is 23.1 Å². The second-order valence-corrected chi connectivity index (χ2v) is 14.7. The number of benzene rings is 4. The normalized spacial score (nSPS) is 18.5. The van der Waals surface area contributed by atoms with Crippen molar-refractivity contribution in [2.24, 2.45) is 5.41 Å². The van der Waals surface area contributed by atoms with Gasteiger partial charge in [-0.25, -0.2) is 9.07 Å². The number of carboxylic acids is 1. The van der Waals surface area contributed by atoms with Gasteiger partial charge >= 0.3 is 5.97 Å². The van der Waals surface area contributed by atoms with Gasteiger partial charge in [-0.2, -0.15) is 5.10 Å². The lowest BCUT2D eigenvalue weighted by atomic mass is 9.82. The number of carbonyl (C=O) groups is 1. The lowest BCUT2D eigenvalue weighted by Crippen LogP contribution is -2.58. The van der Waals surface area contributed by atoms with Gasteiger partial charge in [0.2, 0.25) is 0 Å². The van der Waals surface area contributed by atoms with E-state index < -0.39 is 23.3 Å². The number of ether oxygens (including phenoxy) is 4. The summed E-state index contributed by atoms with van der Waals surface area (Å²) in [5, 5.41) is 26.1. The molecule has 2 aliphatic heterocycles. The Balaban J connectivity index is 1.20. The lowest BCUT2D eigenvalue weighted by Gasteiger charge is -2.45. The van der Waals surface area contributed by atoms with Crippen LogP contribution in [0.5, 0.6) is 17.2 Å². The highest BCUT2D eigenvalue weighted by Gasteiger charge is 2.45. The SMILES string of the molecule is COc1cc(-c2cccc(-c3cccc4c3cnn4-c3cc(OC)c(CN(C)[C@H]4CCOC[C@@H]4O)c(OC)c3)c2Cl)cc(F)c1CN1CC(C)(C(=O)O)C1. The number of fused-ring (bicyclic) bond motifs is 1. The van der Waals surface area contributed by atoms with E-state index in [9.17, 15) is 15.0 Å².